The predicted molar refractivity (Wildman–Crippen MR) is 211 cm³/mol. The maximum absolute atomic E-state index is 13.0. The van der Waals surface area contributed by atoms with Crippen LogP contribution in [-0.2, 0) is 6.54 Å². The summed E-state index contributed by atoms with van der Waals surface area (Å²) >= 11 is 0. The number of phenols is 2. The molecule has 5 rings (SSSR count). The van der Waals surface area contributed by atoms with Crippen molar-refractivity contribution in [1.82, 2.24) is 9.47 Å². The van der Waals surface area contributed by atoms with Gasteiger partial charge in [-0.2, -0.15) is 0 Å². The Hall–Kier alpha value is -4.75. The molecule has 0 saturated carbocycles. The Morgan fingerprint density at radius 3 is 2.08 bits per heavy atom. The second-order valence-corrected chi connectivity index (χ2v) is 13.6. The average molecular weight is 677 g/mol. The fraction of sp³-hybridized carbons (Fsp3) is 0.372. The van der Waals surface area contributed by atoms with Crippen LogP contribution in [0.3, 0.4) is 0 Å². The van der Waals surface area contributed by atoms with Gasteiger partial charge < -0.3 is 30.3 Å². The van der Waals surface area contributed by atoms with Gasteiger partial charge in [-0.3, -0.25) is 4.79 Å². The molecule has 4 N–H and O–H groups in total. The van der Waals surface area contributed by atoms with E-state index in [-0.39, 0.29) is 17.4 Å². The van der Waals surface area contributed by atoms with Crippen LogP contribution in [-0.4, -0.2) is 45.2 Å². The summed E-state index contributed by atoms with van der Waals surface area (Å²) in [5, 5.41) is 28.7. The number of carbonyl (C=O) groups is 1. The molecule has 266 valence electrons. The zero-order chi connectivity index (χ0) is 36.4. The lowest BCUT2D eigenvalue weighted by molar-refractivity contribution is 0.102. The zero-order valence-electron chi connectivity index (χ0n) is 31.2. The predicted octanol–water partition coefficient (Wildman–Crippen LogP) is 10.8. The van der Waals surface area contributed by atoms with Crippen LogP contribution in [0.1, 0.15) is 76.0 Å². The molecule has 1 amide bonds. The molecule has 0 radical (unpaired) electrons. The number of aryl methyl sites for hydroxylation is 1. The number of nitrogens with one attached hydrogen (secondary N) is 2. The molecule has 7 heteroatoms. The van der Waals surface area contributed by atoms with E-state index in [1.807, 2.05) is 44.2 Å². The summed E-state index contributed by atoms with van der Waals surface area (Å²) in [5.41, 5.74) is 7.50. The number of rotatable bonds is 14. The molecule has 0 fully saturated rings. The van der Waals surface area contributed by atoms with Crippen molar-refractivity contribution in [1.29, 1.82) is 0 Å². The number of phenolic OH excluding ortho intramolecular Hbond substituents is 2. The summed E-state index contributed by atoms with van der Waals surface area (Å²) in [4.78, 5) is 15.6. The Morgan fingerprint density at radius 1 is 0.820 bits per heavy atom. The average Bonchev–Trinajstić information content (AvgIpc) is 3.32. The van der Waals surface area contributed by atoms with E-state index < -0.39 is 0 Å². The third-order valence-electron chi connectivity index (χ3n) is 9.12. The first-order chi connectivity index (χ1) is 24.0. The summed E-state index contributed by atoms with van der Waals surface area (Å²) < 4.78 is 2.48. The first-order valence-corrected chi connectivity index (χ1v) is 18.2. The van der Waals surface area contributed by atoms with Crippen molar-refractivity contribution < 1.29 is 15.0 Å². The molecule has 0 aliphatic carbocycles. The molecule has 0 bridgehead atoms. The van der Waals surface area contributed by atoms with Crippen molar-refractivity contribution in [2.24, 2.45) is 11.8 Å². The lowest BCUT2D eigenvalue weighted by Crippen LogP contribution is -2.32. The monoisotopic (exact) mass is 676 g/mol. The third-order valence-corrected chi connectivity index (χ3v) is 9.12. The number of anilines is 3. The maximum Gasteiger partial charge on any atom is 0.255 e. The Bertz CT molecular complexity index is 1820. The highest BCUT2D eigenvalue weighted by atomic mass is 16.3. The van der Waals surface area contributed by atoms with E-state index in [9.17, 15) is 15.0 Å². The van der Waals surface area contributed by atoms with Gasteiger partial charge in [-0.1, -0.05) is 71.9 Å². The SMILES string of the molecule is CC.CCCN(CCC(C)C)CC(C)Cn1c(C)c(C)c2cc(Nc3ccc(C(=O)Nc4cc(O)c(-c5ccccc5)c(O)c4)cc3)ccc21. The second-order valence-electron chi connectivity index (χ2n) is 13.6. The number of hydrogen-bond donors (Lipinski definition) is 4. The van der Waals surface area contributed by atoms with E-state index >= 15 is 0 Å². The van der Waals surface area contributed by atoms with Crippen molar-refractivity contribution in [3.63, 3.8) is 0 Å². The quantitative estimate of drug-likeness (QED) is 0.0940. The van der Waals surface area contributed by atoms with Gasteiger partial charge in [-0.25, -0.2) is 0 Å². The summed E-state index contributed by atoms with van der Waals surface area (Å²) in [6.07, 6.45) is 2.42. The first-order valence-electron chi connectivity index (χ1n) is 18.2. The fourth-order valence-electron chi connectivity index (χ4n) is 6.48. The number of nitrogens with zero attached hydrogens (tertiary/aromatic N) is 2. The number of aromatic hydroxyl groups is 2. The molecular weight excluding hydrogens is 620 g/mol. The summed E-state index contributed by atoms with van der Waals surface area (Å²) in [6, 6.07) is 25.8. The van der Waals surface area contributed by atoms with Crippen molar-refractivity contribution in [3.8, 4) is 22.6 Å². The molecule has 7 nitrogen and oxygen atoms in total. The van der Waals surface area contributed by atoms with E-state index in [0.29, 0.717) is 28.3 Å². The molecule has 50 heavy (non-hydrogen) atoms. The van der Waals surface area contributed by atoms with Crippen molar-refractivity contribution >= 4 is 33.9 Å². The lowest BCUT2D eigenvalue weighted by Gasteiger charge is -2.27. The van der Waals surface area contributed by atoms with Crippen molar-refractivity contribution in [2.75, 3.05) is 30.3 Å². The van der Waals surface area contributed by atoms with Gasteiger partial charge in [-0.05, 0) is 105 Å². The van der Waals surface area contributed by atoms with Gasteiger partial charge >= 0.3 is 0 Å². The highest BCUT2D eigenvalue weighted by molar-refractivity contribution is 6.05. The van der Waals surface area contributed by atoms with Crippen molar-refractivity contribution in [3.05, 3.63) is 102 Å². The maximum atomic E-state index is 13.0. The fourth-order valence-corrected chi connectivity index (χ4v) is 6.48. The third kappa shape index (κ3) is 9.48. The minimum absolute atomic E-state index is 0.112. The van der Waals surface area contributed by atoms with Gasteiger partial charge in [0.25, 0.3) is 5.91 Å². The summed E-state index contributed by atoms with van der Waals surface area (Å²) in [5.74, 6) is 0.697. The number of amides is 1. The van der Waals surface area contributed by atoms with E-state index in [4.69, 9.17) is 0 Å². The Morgan fingerprint density at radius 2 is 1.46 bits per heavy atom. The number of fused-ring (bicyclic) bond motifs is 1. The minimum atomic E-state index is -0.339. The molecule has 0 saturated heterocycles. The molecular formula is C43H56N4O3. The van der Waals surface area contributed by atoms with Crippen LogP contribution in [0.25, 0.3) is 22.0 Å². The smallest absolute Gasteiger partial charge is 0.255 e. The lowest BCUT2D eigenvalue weighted by atomic mass is 10.0. The van der Waals surface area contributed by atoms with Gasteiger partial charge in [0.15, 0.2) is 0 Å². The van der Waals surface area contributed by atoms with E-state index in [0.717, 1.165) is 36.9 Å². The molecule has 1 aromatic heterocycles. The van der Waals surface area contributed by atoms with Gasteiger partial charge in [0, 0.05) is 64.4 Å². The van der Waals surface area contributed by atoms with Crippen LogP contribution in [0.4, 0.5) is 17.1 Å². The van der Waals surface area contributed by atoms with Crippen molar-refractivity contribution in [2.45, 2.75) is 74.8 Å². The topological polar surface area (TPSA) is 89.8 Å². The summed E-state index contributed by atoms with van der Waals surface area (Å²) in [7, 11) is 0. The van der Waals surface area contributed by atoms with Crippen LogP contribution in [0.15, 0.2) is 84.9 Å². The van der Waals surface area contributed by atoms with Gasteiger partial charge in [0.2, 0.25) is 0 Å². The van der Waals surface area contributed by atoms with E-state index in [1.54, 1.807) is 24.3 Å². The highest BCUT2D eigenvalue weighted by Crippen LogP contribution is 2.40. The van der Waals surface area contributed by atoms with E-state index in [2.05, 4.69) is 79.8 Å². The first kappa shape index (κ1) is 38.1. The molecule has 4 aromatic carbocycles. The Balaban J connectivity index is 0.00000276. The van der Waals surface area contributed by atoms with Crippen LogP contribution in [0, 0.1) is 25.7 Å². The normalized spacial score (nSPS) is 11.8. The highest BCUT2D eigenvalue weighted by Gasteiger charge is 2.17. The molecule has 1 unspecified atom stereocenters. The van der Waals surface area contributed by atoms with Gasteiger partial charge in [0.05, 0.1) is 5.56 Å². The second kappa shape index (κ2) is 17.8. The molecule has 1 heterocycles. The number of carbonyl (C=O) groups excluding carboxylic acids is 1. The number of aromatic nitrogens is 1. The molecule has 0 aliphatic rings. The van der Waals surface area contributed by atoms with E-state index in [1.165, 1.54) is 53.7 Å². The molecule has 5 aromatic rings. The zero-order valence-corrected chi connectivity index (χ0v) is 31.2. The number of hydrogen-bond acceptors (Lipinski definition) is 5. The minimum Gasteiger partial charge on any atom is -0.507 e. The Kier molecular flexibility index (Phi) is 13.5. The van der Waals surface area contributed by atoms with Gasteiger partial charge in [0.1, 0.15) is 11.5 Å². The van der Waals surface area contributed by atoms with Crippen LogP contribution >= 0.6 is 0 Å². The molecule has 1 atom stereocenters. The Labute approximate surface area is 299 Å². The molecule has 0 aliphatic heterocycles. The number of benzene rings is 4. The summed E-state index contributed by atoms with van der Waals surface area (Å²) in [6.45, 7) is 22.1. The van der Waals surface area contributed by atoms with Crippen LogP contribution in [0.5, 0.6) is 11.5 Å². The standard InChI is InChI=1S/C41H50N4O3.C2H6/c1-7-20-44(21-19-27(2)3)25-28(4)26-45-30(6)29(5)36-22-34(17-18-37(36)45)42-33-15-13-32(14-16-33)41(48)43-35-23-38(46)40(39(47)24-35)31-11-9-8-10-12-31;1-2/h8-18,22-24,27-28,42,46-47H,7,19-21,25-26H2,1-6H3,(H,43,48);1-2H3. The van der Waals surface area contributed by atoms with Gasteiger partial charge in [-0.15, -0.1) is 0 Å². The van der Waals surface area contributed by atoms with Crippen LogP contribution < -0.4 is 10.6 Å². The molecule has 0 spiro atoms. The van der Waals surface area contributed by atoms with Crippen LogP contribution in [0.2, 0.25) is 0 Å². The largest absolute Gasteiger partial charge is 0.507 e.